The Kier molecular flexibility index (Phi) is 5.62. The number of rotatable bonds is 5. The summed E-state index contributed by atoms with van der Waals surface area (Å²) in [6.45, 7) is 7.68. The van der Waals surface area contributed by atoms with Crippen LogP contribution in [-0.2, 0) is 5.41 Å². The van der Waals surface area contributed by atoms with Crippen molar-refractivity contribution < 1.29 is 0 Å². The maximum atomic E-state index is 6.16. The highest BCUT2D eigenvalue weighted by Gasteiger charge is 2.30. The Morgan fingerprint density at radius 1 is 1.20 bits per heavy atom. The van der Waals surface area contributed by atoms with E-state index >= 15 is 0 Å². The van der Waals surface area contributed by atoms with Gasteiger partial charge in [0, 0.05) is 24.5 Å². The lowest BCUT2D eigenvalue weighted by atomic mass is 9.81. The van der Waals surface area contributed by atoms with E-state index in [2.05, 4.69) is 49.1 Å². The molecule has 1 aliphatic heterocycles. The zero-order chi connectivity index (χ0) is 14.4. The SMILES string of the molecule is CCC1CCCCCN1CC(C)(CN)c1ccccc1. The van der Waals surface area contributed by atoms with Crippen LogP contribution in [0.2, 0.25) is 0 Å². The Hall–Kier alpha value is -0.860. The van der Waals surface area contributed by atoms with E-state index in [9.17, 15) is 0 Å². The van der Waals surface area contributed by atoms with Crippen LogP contribution in [0.5, 0.6) is 0 Å². The average molecular weight is 274 g/mol. The summed E-state index contributed by atoms with van der Waals surface area (Å²) in [5.74, 6) is 0. The molecule has 0 amide bonds. The van der Waals surface area contributed by atoms with Crippen molar-refractivity contribution in [2.75, 3.05) is 19.6 Å². The second-order valence-corrected chi connectivity index (χ2v) is 6.51. The molecule has 2 rings (SSSR count). The molecule has 1 aliphatic rings. The quantitative estimate of drug-likeness (QED) is 0.889. The Morgan fingerprint density at radius 3 is 2.60 bits per heavy atom. The third-order valence-corrected chi connectivity index (χ3v) is 4.94. The van der Waals surface area contributed by atoms with Crippen LogP contribution >= 0.6 is 0 Å². The zero-order valence-corrected chi connectivity index (χ0v) is 13.1. The number of benzene rings is 1. The molecule has 1 aromatic rings. The van der Waals surface area contributed by atoms with Gasteiger partial charge in [-0.15, -0.1) is 0 Å². The molecule has 1 heterocycles. The van der Waals surface area contributed by atoms with E-state index in [4.69, 9.17) is 5.73 Å². The Labute approximate surface area is 124 Å². The van der Waals surface area contributed by atoms with Gasteiger partial charge in [-0.25, -0.2) is 0 Å². The standard InChI is InChI=1S/C18H30N2/c1-3-17-12-8-5-9-13-20(17)15-18(2,14-19)16-10-6-4-7-11-16/h4,6-7,10-11,17H,3,5,8-9,12-15,19H2,1-2H3. The molecule has 1 fully saturated rings. The smallest absolute Gasteiger partial charge is 0.0174 e. The van der Waals surface area contributed by atoms with Crippen LogP contribution in [0.3, 0.4) is 0 Å². The third-order valence-electron chi connectivity index (χ3n) is 4.94. The fourth-order valence-corrected chi connectivity index (χ4v) is 3.47. The van der Waals surface area contributed by atoms with E-state index in [0.717, 1.165) is 12.6 Å². The first-order valence-electron chi connectivity index (χ1n) is 8.19. The van der Waals surface area contributed by atoms with Crippen molar-refractivity contribution in [2.24, 2.45) is 5.73 Å². The summed E-state index contributed by atoms with van der Waals surface area (Å²) in [4.78, 5) is 2.70. The summed E-state index contributed by atoms with van der Waals surface area (Å²) in [5, 5.41) is 0. The second-order valence-electron chi connectivity index (χ2n) is 6.51. The number of nitrogens with two attached hydrogens (primary N) is 1. The molecule has 0 saturated carbocycles. The summed E-state index contributed by atoms with van der Waals surface area (Å²) in [5.41, 5.74) is 7.60. The van der Waals surface area contributed by atoms with E-state index in [1.165, 1.54) is 44.2 Å². The van der Waals surface area contributed by atoms with Crippen molar-refractivity contribution in [1.29, 1.82) is 0 Å². The molecule has 0 bridgehead atoms. The predicted octanol–water partition coefficient (Wildman–Crippen LogP) is 3.56. The van der Waals surface area contributed by atoms with Gasteiger partial charge in [-0.3, -0.25) is 4.90 Å². The molecule has 20 heavy (non-hydrogen) atoms. The topological polar surface area (TPSA) is 29.3 Å². The fraction of sp³-hybridized carbons (Fsp3) is 0.667. The van der Waals surface area contributed by atoms with Crippen LogP contribution in [0, 0.1) is 0 Å². The van der Waals surface area contributed by atoms with Crippen LogP contribution in [-0.4, -0.2) is 30.6 Å². The van der Waals surface area contributed by atoms with Gasteiger partial charge >= 0.3 is 0 Å². The van der Waals surface area contributed by atoms with Crippen molar-refractivity contribution in [3.63, 3.8) is 0 Å². The maximum Gasteiger partial charge on any atom is 0.0174 e. The van der Waals surface area contributed by atoms with Crippen LogP contribution in [0.25, 0.3) is 0 Å². The monoisotopic (exact) mass is 274 g/mol. The van der Waals surface area contributed by atoms with Gasteiger partial charge in [0.1, 0.15) is 0 Å². The largest absolute Gasteiger partial charge is 0.330 e. The van der Waals surface area contributed by atoms with E-state index < -0.39 is 0 Å². The van der Waals surface area contributed by atoms with Gasteiger partial charge in [-0.2, -0.15) is 0 Å². The Bertz CT molecular complexity index is 390. The van der Waals surface area contributed by atoms with E-state index in [0.29, 0.717) is 6.54 Å². The van der Waals surface area contributed by atoms with Crippen LogP contribution in [0.4, 0.5) is 0 Å². The first kappa shape index (κ1) is 15.5. The maximum absolute atomic E-state index is 6.16. The molecular formula is C18H30N2. The Morgan fingerprint density at radius 2 is 1.95 bits per heavy atom. The first-order chi connectivity index (χ1) is 9.69. The molecule has 2 N–H and O–H groups in total. The third kappa shape index (κ3) is 3.62. The number of likely N-dealkylation sites (tertiary alicyclic amines) is 1. The molecule has 0 radical (unpaired) electrons. The number of nitrogens with zero attached hydrogens (tertiary/aromatic N) is 1. The molecule has 0 aliphatic carbocycles. The van der Waals surface area contributed by atoms with Crippen molar-refractivity contribution in [3.05, 3.63) is 35.9 Å². The van der Waals surface area contributed by atoms with E-state index in [1.807, 2.05) is 0 Å². The lowest BCUT2D eigenvalue weighted by Crippen LogP contribution is -2.47. The molecule has 1 aromatic carbocycles. The van der Waals surface area contributed by atoms with Gasteiger partial charge in [0.25, 0.3) is 0 Å². The van der Waals surface area contributed by atoms with Crippen LogP contribution < -0.4 is 5.73 Å². The molecule has 0 aromatic heterocycles. The number of hydrogen-bond acceptors (Lipinski definition) is 2. The summed E-state index contributed by atoms with van der Waals surface area (Å²) in [6.07, 6.45) is 6.73. The molecular weight excluding hydrogens is 244 g/mol. The van der Waals surface area contributed by atoms with Gasteiger partial charge in [-0.05, 0) is 31.4 Å². The van der Waals surface area contributed by atoms with E-state index in [-0.39, 0.29) is 5.41 Å². The average Bonchev–Trinajstić information content (AvgIpc) is 2.73. The first-order valence-corrected chi connectivity index (χ1v) is 8.19. The van der Waals surface area contributed by atoms with Gasteiger partial charge in [0.05, 0.1) is 0 Å². The molecule has 1 saturated heterocycles. The normalized spacial score (nSPS) is 24.1. The van der Waals surface area contributed by atoms with Crippen molar-refractivity contribution in [1.82, 2.24) is 4.90 Å². The molecule has 2 unspecified atom stereocenters. The van der Waals surface area contributed by atoms with Crippen LogP contribution in [0.1, 0.15) is 51.5 Å². The summed E-state index contributed by atoms with van der Waals surface area (Å²) < 4.78 is 0. The minimum Gasteiger partial charge on any atom is -0.330 e. The molecule has 2 heteroatoms. The highest BCUT2D eigenvalue weighted by Crippen LogP contribution is 2.28. The minimum absolute atomic E-state index is 0.0685. The van der Waals surface area contributed by atoms with Crippen molar-refractivity contribution >= 4 is 0 Å². The van der Waals surface area contributed by atoms with E-state index in [1.54, 1.807) is 0 Å². The Balaban J connectivity index is 2.15. The molecule has 0 spiro atoms. The summed E-state index contributed by atoms with van der Waals surface area (Å²) in [6, 6.07) is 11.5. The predicted molar refractivity (Wildman–Crippen MR) is 87.0 cm³/mol. The summed E-state index contributed by atoms with van der Waals surface area (Å²) in [7, 11) is 0. The van der Waals surface area contributed by atoms with Crippen molar-refractivity contribution in [2.45, 2.75) is 57.4 Å². The van der Waals surface area contributed by atoms with Gasteiger partial charge in [0.2, 0.25) is 0 Å². The summed E-state index contributed by atoms with van der Waals surface area (Å²) >= 11 is 0. The lowest BCUT2D eigenvalue weighted by Gasteiger charge is -2.38. The molecule has 2 atom stereocenters. The fourth-order valence-electron chi connectivity index (χ4n) is 3.47. The number of hydrogen-bond donors (Lipinski definition) is 1. The highest BCUT2D eigenvalue weighted by molar-refractivity contribution is 5.25. The molecule has 112 valence electrons. The van der Waals surface area contributed by atoms with Gasteiger partial charge in [0.15, 0.2) is 0 Å². The second kappa shape index (κ2) is 7.24. The van der Waals surface area contributed by atoms with Gasteiger partial charge < -0.3 is 5.73 Å². The van der Waals surface area contributed by atoms with Crippen LogP contribution in [0.15, 0.2) is 30.3 Å². The zero-order valence-electron chi connectivity index (χ0n) is 13.1. The minimum atomic E-state index is 0.0685. The molecule has 2 nitrogen and oxygen atoms in total. The highest BCUT2D eigenvalue weighted by atomic mass is 15.2. The van der Waals surface area contributed by atoms with Gasteiger partial charge in [-0.1, -0.05) is 57.0 Å². The lowest BCUT2D eigenvalue weighted by molar-refractivity contribution is 0.156. The van der Waals surface area contributed by atoms with Crippen molar-refractivity contribution in [3.8, 4) is 0 Å².